The number of halogens is 2. The predicted octanol–water partition coefficient (Wildman–Crippen LogP) is 3.40. The van der Waals surface area contributed by atoms with Crippen LogP contribution >= 0.6 is 27.5 Å². The monoisotopic (exact) mass is 286 g/mol. The summed E-state index contributed by atoms with van der Waals surface area (Å²) >= 11 is 9.20. The summed E-state index contributed by atoms with van der Waals surface area (Å²) in [4.78, 5) is 7.09. The van der Waals surface area contributed by atoms with Crippen molar-refractivity contribution in [3.63, 3.8) is 0 Å². The van der Waals surface area contributed by atoms with E-state index >= 15 is 0 Å². The van der Waals surface area contributed by atoms with Gasteiger partial charge in [0.05, 0.1) is 11.2 Å². The van der Waals surface area contributed by atoms with Gasteiger partial charge in [-0.1, -0.05) is 23.7 Å². The predicted molar refractivity (Wildman–Crippen MR) is 62.1 cm³/mol. The van der Waals surface area contributed by atoms with Gasteiger partial charge in [-0.25, -0.2) is 4.98 Å². The molecule has 1 aromatic heterocycles. The van der Waals surface area contributed by atoms with Gasteiger partial charge >= 0.3 is 0 Å². The molecule has 3 nitrogen and oxygen atoms in total. The summed E-state index contributed by atoms with van der Waals surface area (Å²) in [6, 6.07) is 7.34. The highest BCUT2D eigenvalue weighted by atomic mass is 79.9. The fraction of sp³-hybridized carbons (Fsp3) is 0.100. The van der Waals surface area contributed by atoms with Crippen LogP contribution in [0.5, 0.6) is 5.75 Å². The number of benzene rings is 1. The zero-order valence-corrected chi connectivity index (χ0v) is 10.0. The third-order valence-corrected chi connectivity index (χ3v) is 2.51. The van der Waals surface area contributed by atoms with E-state index in [0.29, 0.717) is 17.4 Å². The van der Waals surface area contributed by atoms with Crippen LogP contribution in [-0.4, -0.2) is 9.97 Å². The van der Waals surface area contributed by atoms with Gasteiger partial charge in [-0.05, 0) is 28.1 Å². The van der Waals surface area contributed by atoms with E-state index in [1.165, 1.54) is 0 Å². The minimum Gasteiger partial charge on any atom is -0.484 e. The van der Waals surface area contributed by atoms with Gasteiger partial charge in [-0.2, -0.15) is 0 Å². The maximum Gasteiger partial charge on any atom is 0.146 e. The largest absolute Gasteiger partial charge is 0.484 e. The second kappa shape index (κ2) is 4.68. The molecular weight excluding hydrogens is 279 g/mol. The van der Waals surface area contributed by atoms with Gasteiger partial charge in [0.1, 0.15) is 22.8 Å². The average Bonchev–Trinajstić information content (AvgIpc) is 2.63. The summed E-state index contributed by atoms with van der Waals surface area (Å²) in [5.41, 5.74) is 0. The first kappa shape index (κ1) is 10.5. The van der Waals surface area contributed by atoms with Crippen molar-refractivity contribution in [1.29, 1.82) is 0 Å². The lowest BCUT2D eigenvalue weighted by atomic mass is 10.3. The van der Waals surface area contributed by atoms with Crippen molar-refractivity contribution in [2.24, 2.45) is 0 Å². The summed E-state index contributed by atoms with van der Waals surface area (Å²) in [5, 5.41) is 0.600. The number of nitrogens with one attached hydrogen (secondary N) is 1. The van der Waals surface area contributed by atoms with Crippen molar-refractivity contribution in [3.05, 3.63) is 45.9 Å². The Morgan fingerprint density at radius 3 is 2.87 bits per heavy atom. The maximum absolute atomic E-state index is 5.93. The molecule has 0 radical (unpaired) electrons. The van der Waals surface area contributed by atoms with Gasteiger partial charge in [0.15, 0.2) is 0 Å². The Labute approximate surface area is 101 Å². The number of hydrogen-bond acceptors (Lipinski definition) is 2. The molecule has 0 amide bonds. The first-order valence-corrected chi connectivity index (χ1v) is 5.49. The Kier molecular flexibility index (Phi) is 3.28. The molecule has 2 aromatic rings. The standard InChI is InChI=1S/C10H8BrClN2O/c11-9-5-13-10(14-9)6-15-8-4-2-1-3-7(8)12/h1-5H,6H2,(H,13,14). The van der Waals surface area contributed by atoms with Crippen LogP contribution in [0.3, 0.4) is 0 Å². The molecule has 5 heteroatoms. The molecular formula is C10H8BrClN2O. The molecule has 0 saturated carbocycles. The van der Waals surface area contributed by atoms with Crippen molar-refractivity contribution < 1.29 is 4.74 Å². The second-order valence-electron chi connectivity index (χ2n) is 2.90. The van der Waals surface area contributed by atoms with Crippen LogP contribution in [-0.2, 0) is 6.61 Å². The lowest BCUT2D eigenvalue weighted by molar-refractivity contribution is 0.297. The fourth-order valence-corrected chi connectivity index (χ4v) is 1.64. The van der Waals surface area contributed by atoms with Gasteiger partial charge < -0.3 is 9.72 Å². The van der Waals surface area contributed by atoms with Crippen LogP contribution in [0.1, 0.15) is 5.82 Å². The third kappa shape index (κ3) is 2.73. The lowest BCUT2D eigenvalue weighted by Gasteiger charge is -2.05. The van der Waals surface area contributed by atoms with E-state index in [4.69, 9.17) is 16.3 Å². The average molecular weight is 288 g/mol. The van der Waals surface area contributed by atoms with Gasteiger partial charge in [-0.15, -0.1) is 0 Å². The highest BCUT2D eigenvalue weighted by Crippen LogP contribution is 2.23. The molecule has 0 bridgehead atoms. The van der Waals surface area contributed by atoms with E-state index < -0.39 is 0 Å². The summed E-state index contributed by atoms with van der Waals surface area (Å²) in [7, 11) is 0. The number of H-pyrrole nitrogens is 1. The molecule has 1 aromatic carbocycles. The molecule has 78 valence electrons. The number of hydrogen-bond donors (Lipinski definition) is 1. The molecule has 0 aliphatic rings. The Balaban J connectivity index is 2.02. The van der Waals surface area contributed by atoms with Crippen molar-refractivity contribution >= 4 is 27.5 Å². The number of imidazole rings is 1. The van der Waals surface area contributed by atoms with E-state index in [-0.39, 0.29) is 0 Å². The molecule has 1 N–H and O–H groups in total. The maximum atomic E-state index is 5.93. The Bertz CT molecular complexity index is 458. The molecule has 0 atom stereocenters. The van der Waals surface area contributed by atoms with Crippen molar-refractivity contribution in [3.8, 4) is 5.75 Å². The summed E-state index contributed by atoms with van der Waals surface area (Å²) in [6.45, 7) is 0.370. The van der Waals surface area contributed by atoms with Gasteiger partial charge in [-0.3, -0.25) is 0 Å². The van der Waals surface area contributed by atoms with Crippen LogP contribution in [0.4, 0.5) is 0 Å². The number of aromatic nitrogens is 2. The van der Waals surface area contributed by atoms with Gasteiger partial charge in [0.25, 0.3) is 0 Å². The Morgan fingerprint density at radius 1 is 1.40 bits per heavy atom. The minimum absolute atomic E-state index is 0.370. The second-order valence-corrected chi connectivity index (χ2v) is 4.16. The number of rotatable bonds is 3. The van der Waals surface area contributed by atoms with E-state index in [1.807, 2.05) is 18.2 Å². The van der Waals surface area contributed by atoms with Crippen LogP contribution in [0.15, 0.2) is 35.1 Å². The third-order valence-electron chi connectivity index (χ3n) is 1.80. The lowest BCUT2D eigenvalue weighted by Crippen LogP contribution is -1.97. The molecule has 0 spiro atoms. The van der Waals surface area contributed by atoms with Gasteiger partial charge in [0.2, 0.25) is 0 Å². The van der Waals surface area contributed by atoms with E-state index in [1.54, 1.807) is 12.3 Å². The molecule has 0 fully saturated rings. The first-order chi connectivity index (χ1) is 7.25. The Morgan fingerprint density at radius 2 is 2.20 bits per heavy atom. The highest BCUT2D eigenvalue weighted by Gasteiger charge is 2.02. The molecule has 0 saturated heterocycles. The number of aromatic amines is 1. The fourth-order valence-electron chi connectivity index (χ4n) is 1.12. The van der Waals surface area contributed by atoms with Crippen molar-refractivity contribution in [2.45, 2.75) is 6.61 Å². The van der Waals surface area contributed by atoms with Crippen LogP contribution < -0.4 is 4.74 Å². The topological polar surface area (TPSA) is 37.9 Å². The highest BCUT2D eigenvalue weighted by molar-refractivity contribution is 9.10. The van der Waals surface area contributed by atoms with Crippen LogP contribution in [0, 0.1) is 0 Å². The van der Waals surface area contributed by atoms with Crippen molar-refractivity contribution in [1.82, 2.24) is 9.97 Å². The Hall–Kier alpha value is -1.000. The molecule has 2 rings (SSSR count). The van der Waals surface area contributed by atoms with Crippen molar-refractivity contribution in [2.75, 3.05) is 0 Å². The smallest absolute Gasteiger partial charge is 0.146 e. The molecule has 15 heavy (non-hydrogen) atoms. The summed E-state index contributed by atoms with van der Waals surface area (Å²) < 4.78 is 6.32. The van der Waals surface area contributed by atoms with Crippen LogP contribution in [0.2, 0.25) is 5.02 Å². The normalized spacial score (nSPS) is 10.3. The number of nitrogens with zero attached hydrogens (tertiary/aromatic N) is 1. The number of para-hydroxylation sites is 1. The van der Waals surface area contributed by atoms with E-state index in [2.05, 4.69) is 25.9 Å². The zero-order valence-electron chi connectivity index (χ0n) is 7.71. The van der Waals surface area contributed by atoms with Gasteiger partial charge in [0, 0.05) is 0 Å². The molecule has 0 aliphatic heterocycles. The van der Waals surface area contributed by atoms with Crippen LogP contribution in [0.25, 0.3) is 0 Å². The molecule has 0 aliphatic carbocycles. The SMILES string of the molecule is Clc1ccccc1OCc1ncc(Br)[nH]1. The summed E-state index contributed by atoms with van der Waals surface area (Å²) in [6.07, 6.45) is 1.69. The zero-order chi connectivity index (χ0) is 10.7. The quantitative estimate of drug-likeness (QED) is 0.939. The summed E-state index contributed by atoms with van der Waals surface area (Å²) in [5.74, 6) is 1.41. The van der Waals surface area contributed by atoms with E-state index in [0.717, 1.165) is 10.4 Å². The number of ether oxygens (including phenoxy) is 1. The molecule has 1 heterocycles. The molecule has 0 unspecified atom stereocenters. The minimum atomic E-state index is 0.370. The van der Waals surface area contributed by atoms with E-state index in [9.17, 15) is 0 Å². The first-order valence-electron chi connectivity index (χ1n) is 4.32.